The molecule has 0 N–H and O–H groups in total. The van der Waals surface area contributed by atoms with Crippen LogP contribution < -0.4 is 0 Å². The average Bonchev–Trinajstić information content (AvgIpc) is 2.85. The lowest BCUT2D eigenvalue weighted by Crippen LogP contribution is -2.09. The Labute approximate surface area is 80.7 Å². The molecule has 3 rings (SSSR count). The minimum Gasteiger partial charge on any atom is -0.356 e. The van der Waals surface area contributed by atoms with Gasteiger partial charge in [0, 0.05) is 12.8 Å². The van der Waals surface area contributed by atoms with E-state index in [0.29, 0.717) is 0 Å². The molecule has 0 radical (unpaired) electrons. The molecule has 0 spiro atoms. The molecule has 2 aromatic rings. The normalized spacial score (nSPS) is 21.9. The molecule has 2 aromatic heterocycles. The third-order valence-electron chi connectivity index (χ3n) is 2.41. The molecule has 1 unspecified atom stereocenters. The Balaban J connectivity index is 2.11. The van der Waals surface area contributed by atoms with Gasteiger partial charge in [0.05, 0.1) is 0 Å². The molecule has 14 heavy (non-hydrogen) atoms. The van der Waals surface area contributed by atoms with Crippen molar-refractivity contribution < 1.29 is 4.74 Å². The molecule has 1 saturated heterocycles. The number of pyridine rings is 1. The van der Waals surface area contributed by atoms with Gasteiger partial charge < -0.3 is 4.74 Å². The van der Waals surface area contributed by atoms with E-state index in [-0.39, 0.29) is 6.23 Å². The fourth-order valence-electron chi connectivity index (χ4n) is 1.73. The van der Waals surface area contributed by atoms with Crippen LogP contribution in [-0.2, 0) is 4.74 Å². The van der Waals surface area contributed by atoms with Crippen molar-refractivity contribution in [2.24, 2.45) is 0 Å². The molecule has 1 aliphatic heterocycles. The van der Waals surface area contributed by atoms with Crippen LogP contribution in [-0.4, -0.2) is 26.6 Å². The summed E-state index contributed by atoms with van der Waals surface area (Å²) in [6.07, 6.45) is 3.85. The predicted octanol–water partition coefficient (Wildman–Crippen LogP) is 1.14. The zero-order valence-electron chi connectivity index (χ0n) is 7.63. The average molecular weight is 190 g/mol. The highest BCUT2D eigenvalue weighted by atomic mass is 16.5. The smallest absolute Gasteiger partial charge is 0.181 e. The lowest BCUT2D eigenvalue weighted by molar-refractivity contribution is 0.0483. The van der Waals surface area contributed by atoms with Gasteiger partial charge in [-0.25, -0.2) is 4.98 Å². The maximum Gasteiger partial charge on any atom is 0.181 e. The van der Waals surface area contributed by atoms with Crippen LogP contribution in [0, 0.1) is 0 Å². The molecule has 3 heterocycles. The summed E-state index contributed by atoms with van der Waals surface area (Å²) in [5.74, 6) is 0. The molecule has 5 heteroatoms. The van der Waals surface area contributed by atoms with E-state index in [1.165, 1.54) is 0 Å². The molecule has 0 aromatic carbocycles. The summed E-state index contributed by atoms with van der Waals surface area (Å²) in [6, 6.07) is 3.76. The maximum absolute atomic E-state index is 5.53. The summed E-state index contributed by atoms with van der Waals surface area (Å²) >= 11 is 0. The van der Waals surface area contributed by atoms with E-state index in [1.807, 2.05) is 12.1 Å². The van der Waals surface area contributed by atoms with Crippen LogP contribution in [0.15, 0.2) is 18.3 Å². The second-order valence-electron chi connectivity index (χ2n) is 3.35. The first-order chi connectivity index (χ1) is 6.95. The van der Waals surface area contributed by atoms with Crippen LogP contribution in [0.25, 0.3) is 11.2 Å². The van der Waals surface area contributed by atoms with E-state index in [1.54, 1.807) is 10.9 Å². The van der Waals surface area contributed by atoms with Crippen molar-refractivity contribution in [1.82, 2.24) is 20.0 Å². The number of rotatable bonds is 1. The first kappa shape index (κ1) is 7.87. The molecule has 0 amide bonds. The zero-order chi connectivity index (χ0) is 9.38. The SMILES string of the molecule is c1cnc2c(c1)nnn2C1CCCO1. The van der Waals surface area contributed by atoms with Gasteiger partial charge in [0.1, 0.15) is 5.52 Å². The molecule has 1 aliphatic rings. The Morgan fingerprint density at radius 1 is 1.50 bits per heavy atom. The minimum absolute atomic E-state index is 0.0231. The Hall–Kier alpha value is -1.49. The number of aromatic nitrogens is 4. The summed E-state index contributed by atoms with van der Waals surface area (Å²) in [5, 5.41) is 8.09. The van der Waals surface area contributed by atoms with Gasteiger partial charge in [0.2, 0.25) is 0 Å². The van der Waals surface area contributed by atoms with Gasteiger partial charge in [-0.1, -0.05) is 5.21 Å². The van der Waals surface area contributed by atoms with Gasteiger partial charge in [0.15, 0.2) is 11.9 Å². The van der Waals surface area contributed by atoms with Crippen LogP contribution in [0.4, 0.5) is 0 Å². The fourth-order valence-corrected chi connectivity index (χ4v) is 1.73. The predicted molar refractivity (Wildman–Crippen MR) is 49.5 cm³/mol. The van der Waals surface area contributed by atoms with Gasteiger partial charge in [0.25, 0.3) is 0 Å². The van der Waals surface area contributed by atoms with Crippen molar-refractivity contribution in [3.8, 4) is 0 Å². The number of hydrogen-bond acceptors (Lipinski definition) is 4. The fraction of sp³-hybridized carbons (Fsp3) is 0.444. The molecule has 72 valence electrons. The Kier molecular flexibility index (Phi) is 1.70. The van der Waals surface area contributed by atoms with Crippen LogP contribution >= 0.6 is 0 Å². The maximum atomic E-state index is 5.53. The van der Waals surface area contributed by atoms with Crippen LogP contribution in [0.1, 0.15) is 19.1 Å². The van der Waals surface area contributed by atoms with Crippen molar-refractivity contribution >= 4 is 11.2 Å². The van der Waals surface area contributed by atoms with E-state index in [4.69, 9.17) is 4.74 Å². The van der Waals surface area contributed by atoms with Crippen molar-refractivity contribution in [2.45, 2.75) is 19.1 Å². The number of fused-ring (bicyclic) bond motifs is 1. The third-order valence-corrected chi connectivity index (χ3v) is 2.41. The summed E-state index contributed by atoms with van der Waals surface area (Å²) in [4.78, 5) is 4.24. The quantitative estimate of drug-likeness (QED) is 0.676. The van der Waals surface area contributed by atoms with Crippen LogP contribution in [0.3, 0.4) is 0 Å². The molecule has 0 saturated carbocycles. The second-order valence-corrected chi connectivity index (χ2v) is 3.35. The molecule has 1 fully saturated rings. The standard InChI is InChI=1S/C9H10N4O/c1-3-7-9(10-5-1)13(12-11-7)8-4-2-6-14-8/h1,3,5,8H,2,4,6H2. The van der Waals surface area contributed by atoms with E-state index in [0.717, 1.165) is 30.6 Å². The first-order valence-electron chi connectivity index (χ1n) is 4.73. The van der Waals surface area contributed by atoms with Crippen LogP contribution in [0.5, 0.6) is 0 Å². The number of ether oxygens (including phenoxy) is 1. The summed E-state index contributed by atoms with van der Waals surface area (Å²) in [6.45, 7) is 0.804. The monoisotopic (exact) mass is 190 g/mol. The van der Waals surface area contributed by atoms with E-state index >= 15 is 0 Å². The lowest BCUT2D eigenvalue weighted by Gasteiger charge is -2.08. The van der Waals surface area contributed by atoms with E-state index in [9.17, 15) is 0 Å². The molecule has 0 aliphatic carbocycles. The Morgan fingerprint density at radius 3 is 3.36 bits per heavy atom. The summed E-state index contributed by atoms with van der Waals surface area (Å²) in [7, 11) is 0. The number of hydrogen-bond donors (Lipinski definition) is 0. The largest absolute Gasteiger partial charge is 0.356 e. The Bertz CT molecular complexity index is 447. The van der Waals surface area contributed by atoms with Crippen molar-refractivity contribution in [3.05, 3.63) is 18.3 Å². The van der Waals surface area contributed by atoms with E-state index < -0.39 is 0 Å². The second kappa shape index (κ2) is 3.02. The zero-order valence-corrected chi connectivity index (χ0v) is 7.63. The highest BCUT2D eigenvalue weighted by molar-refractivity contribution is 5.68. The molecule has 0 bridgehead atoms. The highest BCUT2D eigenvalue weighted by Crippen LogP contribution is 2.24. The van der Waals surface area contributed by atoms with Gasteiger partial charge in [-0.2, -0.15) is 4.68 Å². The van der Waals surface area contributed by atoms with Crippen molar-refractivity contribution in [2.75, 3.05) is 6.61 Å². The molecular weight excluding hydrogens is 180 g/mol. The highest BCUT2D eigenvalue weighted by Gasteiger charge is 2.20. The number of nitrogens with zero attached hydrogens (tertiary/aromatic N) is 4. The van der Waals surface area contributed by atoms with Gasteiger partial charge >= 0.3 is 0 Å². The van der Waals surface area contributed by atoms with Gasteiger partial charge in [-0.15, -0.1) is 5.10 Å². The first-order valence-corrected chi connectivity index (χ1v) is 4.73. The third kappa shape index (κ3) is 1.09. The van der Waals surface area contributed by atoms with Crippen molar-refractivity contribution in [3.63, 3.8) is 0 Å². The molecular formula is C9H10N4O. The van der Waals surface area contributed by atoms with Crippen LogP contribution in [0.2, 0.25) is 0 Å². The summed E-state index contributed by atoms with van der Waals surface area (Å²) < 4.78 is 7.29. The lowest BCUT2D eigenvalue weighted by atomic mass is 10.3. The van der Waals surface area contributed by atoms with Gasteiger partial charge in [-0.3, -0.25) is 0 Å². The Morgan fingerprint density at radius 2 is 2.50 bits per heavy atom. The molecule has 5 nitrogen and oxygen atoms in total. The van der Waals surface area contributed by atoms with E-state index in [2.05, 4.69) is 15.3 Å². The summed E-state index contributed by atoms with van der Waals surface area (Å²) in [5.41, 5.74) is 1.63. The molecule has 1 atom stereocenters. The topological polar surface area (TPSA) is 52.8 Å². The minimum atomic E-state index is 0.0231. The van der Waals surface area contributed by atoms with Crippen molar-refractivity contribution in [1.29, 1.82) is 0 Å². The van der Waals surface area contributed by atoms with Gasteiger partial charge in [-0.05, 0) is 25.0 Å².